The number of carboxylic acids is 1. The van der Waals surface area contributed by atoms with Crippen LogP contribution in [0.2, 0.25) is 15.1 Å². The maximum Gasteiger partial charge on any atom is 0.337 e. The molecule has 0 spiro atoms. The average molecular weight is 389 g/mol. The zero-order valence-electron chi connectivity index (χ0n) is 12.9. The van der Waals surface area contributed by atoms with Crippen molar-refractivity contribution in [3.8, 4) is 5.75 Å². The maximum absolute atomic E-state index is 11.1. The lowest BCUT2D eigenvalue weighted by Gasteiger charge is -2.15. The maximum atomic E-state index is 11.1. The van der Waals surface area contributed by atoms with Crippen LogP contribution in [0.1, 0.15) is 29.3 Å². The van der Waals surface area contributed by atoms with Crippen molar-refractivity contribution >= 4 is 46.5 Å². The van der Waals surface area contributed by atoms with Gasteiger partial charge in [-0.3, -0.25) is 0 Å². The first-order chi connectivity index (χ1) is 11.4. The molecule has 0 amide bonds. The Kier molecular flexibility index (Phi) is 6.60. The van der Waals surface area contributed by atoms with E-state index in [2.05, 4.69) is 5.32 Å². The van der Waals surface area contributed by atoms with Crippen LogP contribution in [0.3, 0.4) is 0 Å². The van der Waals surface area contributed by atoms with Gasteiger partial charge in [0.1, 0.15) is 5.75 Å². The average Bonchev–Trinajstić information content (AvgIpc) is 2.52. The zero-order chi connectivity index (χ0) is 17.7. The predicted molar refractivity (Wildman–Crippen MR) is 98.0 cm³/mol. The summed E-state index contributed by atoms with van der Waals surface area (Å²) >= 11 is 18.1. The molecule has 7 heteroatoms. The number of halogens is 3. The quantitative estimate of drug-likeness (QED) is 0.634. The van der Waals surface area contributed by atoms with Crippen LogP contribution in [0.5, 0.6) is 5.75 Å². The lowest BCUT2D eigenvalue weighted by Crippen LogP contribution is -2.06. The van der Waals surface area contributed by atoms with Gasteiger partial charge in [0.05, 0.1) is 22.2 Å². The molecule has 0 fully saturated rings. The number of hydrogen-bond donors (Lipinski definition) is 2. The molecular formula is C17H16Cl3NO3. The first kappa shape index (κ1) is 18.7. The van der Waals surface area contributed by atoms with Gasteiger partial charge in [0, 0.05) is 22.8 Å². The Morgan fingerprint density at radius 2 is 1.92 bits per heavy atom. The van der Waals surface area contributed by atoms with Gasteiger partial charge in [-0.05, 0) is 36.8 Å². The number of carbonyl (C=O) groups is 1. The summed E-state index contributed by atoms with van der Waals surface area (Å²) in [7, 11) is 0. The SMILES string of the molecule is CCCOc1c(Cl)cc(Cl)cc1CNc1ccc(Cl)c(C(=O)O)c1. The molecule has 0 radical (unpaired) electrons. The number of carboxylic acid groups (broad SMARTS) is 1. The Bertz CT molecular complexity index is 750. The molecule has 128 valence electrons. The molecular weight excluding hydrogens is 373 g/mol. The van der Waals surface area contributed by atoms with Gasteiger partial charge in [0.25, 0.3) is 0 Å². The first-order valence-electron chi connectivity index (χ1n) is 7.29. The molecule has 0 atom stereocenters. The molecule has 0 aliphatic heterocycles. The van der Waals surface area contributed by atoms with E-state index < -0.39 is 5.97 Å². The van der Waals surface area contributed by atoms with Crippen molar-refractivity contribution in [2.45, 2.75) is 19.9 Å². The summed E-state index contributed by atoms with van der Waals surface area (Å²) in [6.45, 7) is 2.92. The summed E-state index contributed by atoms with van der Waals surface area (Å²) in [5.74, 6) is -0.510. The summed E-state index contributed by atoms with van der Waals surface area (Å²) in [4.78, 5) is 11.1. The van der Waals surface area contributed by atoms with Gasteiger partial charge >= 0.3 is 5.97 Å². The Morgan fingerprint density at radius 1 is 1.17 bits per heavy atom. The Labute approximate surface area is 155 Å². The minimum Gasteiger partial charge on any atom is -0.492 e. The van der Waals surface area contributed by atoms with E-state index in [1.165, 1.54) is 12.1 Å². The molecule has 24 heavy (non-hydrogen) atoms. The third-order valence-electron chi connectivity index (χ3n) is 3.22. The number of aromatic carboxylic acids is 1. The Morgan fingerprint density at radius 3 is 2.58 bits per heavy atom. The molecule has 2 N–H and O–H groups in total. The second-order valence-corrected chi connectivity index (χ2v) is 6.33. The molecule has 0 saturated heterocycles. The molecule has 0 aliphatic carbocycles. The van der Waals surface area contributed by atoms with Crippen molar-refractivity contribution in [2.75, 3.05) is 11.9 Å². The first-order valence-corrected chi connectivity index (χ1v) is 8.43. The van der Waals surface area contributed by atoms with Gasteiger partial charge in [-0.1, -0.05) is 41.7 Å². The van der Waals surface area contributed by atoms with E-state index >= 15 is 0 Å². The van der Waals surface area contributed by atoms with Crippen LogP contribution in [-0.4, -0.2) is 17.7 Å². The van der Waals surface area contributed by atoms with E-state index in [4.69, 9.17) is 44.6 Å². The summed E-state index contributed by atoms with van der Waals surface area (Å²) in [6.07, 6.45) is 0.852. The minimum atomic E-state index is -1.08. The highest BCUT2D eigenvalue weighted by Crippen LogP contribution is 2.33. The van der Waals surface area contributed by atoms with Gasteiger partial charge in [0.15, 0.2) is 0 Å². The van der Waals surface area contributed by atoms with E-state index in [1.807, 2.05) is 6.92 Å². The number of anilines is 1. The zero-order valence-corrected chi connectivity index (χ0v) is 15.2. The van der Waals surface area contributed by atoms with Crippen LogP contribution >= 0.6 is 34.8 Å². The van der Waals surface area contributed by atoms with Crippen molar-refractivity contribution in [1.29, 1.82) is 0 Å². The van der Waals surface area contributed by atoms with E-state index in [9.17, 15) is 4.79 Å². The van der Waals surface area contributed by atoms with Crippen LogP contribution in [0.4, 0.5) is 5.69 Å². The van der Waals surface area contributed by atoms with Gasteiger partial charge in [0.2, 0.25) is 0 Å². The molecule has 0 saturated carbocycles. The number of hydrogen-bond acceptors (Lipinski definition) is 3. The summed E-state index contributed by atoms with van der Waals surface area (Å²) in [6, 6.07) is 8.10. The highest BCUT2D eigenvalue weighted by molar-refractivity contribution is 6.35. The minimum absolute atomic E-state index is 0.0354. The molecule has 2 rings (SSSR count). The highest BCUT2D eigenvalue weighted by Gasteiger charge is 2.12. The van der Waals surface area contributed by atoms with Gasteiger partial charge in [-0.25, -0.2) is 4.79 Å². The molecule has 0 unspecified atom stereocenters. The van der Waals surface area contributed by atoms with Gasteiger partial charge in [-0.15, -0.1) is 0 Å². The second kappa shape index (κ2) is 8.47. The lowest BCUT2D eigenvalue weighted by atomic mass is 10.1. The summed E-state index contributed by atoms with van der Waals surface area (Å²) in [5, 5.41) is 13.4. The second-order valence-electron chi connectivity index (χ2n) is 5.08. The van der Waals surface area contributed by atoms with Crippen LogP contribution in [0, 0.1) is 0 Å². The van der Waals surface area contributed by atoms with E-state index in [0.717, 1.165) is 12.0 Å². The standard InChI is InChI=1S/C17H16Cl3NO3/c1-2-5-24-16-10(6-11(18)7-15(16)20)9-21-12-3-4-14(19)13(8-12)17(22)23/h3-4,6-8,21H,2,5,9H2,1H3,(H,22,23). The van der Waals surface area contributed by atoms with Crippen molar-refractivity contribution in [1.82, 2.24) is 0 Å². The molecule has 0 heterocycles. The van der Waals surface area contributed by atoms with Gasteiger partial charge in [-0.2, -0.15) is 0 Å². The Balaban J connectivity index is 2.22. The van der Waals surface area contributed by atoms with Gasteiger partial charge < -0.3 is 15.2 Å². The van der Waals surface area contributed by atoms with Crippen LogP contribution in [-0.2, 0) is 6.54 Å². The predicted octanol–water partition coefficient (Wildman–Crippen LogP) is 5.75. The molecule has 2 aromatic carbocycles. The Hall–Kier alpha value is -1.62. The number of nitrogens with one attached hydrogen (secondary N) is 1. The number of rotatable bonds is 7. The largest absolute Gasteiger partial charge is 0.492 e. The molecule has 0 aromatic heterocycles. The van der Waals surface area contributed by atoms with Crippen molar-refractivity contribution < 1.29 is 14.6 Å². The molecule has 0 aliphatic rings. The van der Waals surface area contributed by atoms with Crippen LogP contribution in [0.15, 0.2) is 30.3 Å². The summed E-state index contributed by atoms with van der Waals surface area (Å²) < 4.78 is 5.70. The fraction of sp³-hybridized carbons (Fsp3) is 0.235. The molecule has 0 bridgehead atoms. The van der Waals surface area contributed by atoms with Crippen LogP contribution < -0.4 is 10.1 Å². The third-order valence-corrected chi connectivity index (χ3v) is 4.04. The molecule has 2 aromatic rings. The van der Waals surface area contributed by atoms with Crippen LogP contribution in [0.25, 0.3) is 0 Å². The monoisotopic (exact) mass is 387 g/mol. The fourth-order valence-corrected chi connectivity index (χ4v) is 2.90. The van der Waals surface area contributed by atoms with Crippen molar-refractivity contribution in [3.63, 3.8) is 0 Å². The fourth-order valence-electron chi connectivity index (χ4n) is 2.11. The van der Waals surface area contributed by atoms with Crippen molar-refractivity contribution in [2.24, 2.45) is 0 Å². The lowest BCUT2D eigenvalue weighted by molar-refractivity contribution is 0.0697. The third kappa shape index (κ3) is 4.69. The normalized spacial score (nSPS) is 10.5. The highest BCUT2D eigenvalue weighted by atomic mass is 35.5. The smallest absolute Gasteiger partial charge is 0.337 e. The van der Waals surface area contributed by atoms with E-state index in [-0.39, 0.29) is 10.6 Å². The molecule has 4 nitrogen and oxygen atoms in total. The van der Waals surface area contributed by atoms with E-state index in [1.54, 1.807) is 18.2 Å². The summed E-state index contributed by atoms with van der Waals surface area (Å²) in [5.41, 5.74) is 1.44. The van der Waals surface area contributed by atoms with Crippen molar-refractivity contribution in [3.05, 3.63) is 56.5 Å². The van der Waals surface area contributed by atoms with E-state index in [0.29, 0.717) is 34.6 Å². The number of ether oxygens (including phenoxy) is 1. The number of benzene rings is 2. The topological polar surface area (TPSA) is 58.6 Å².